The number of nitrogens with one attached hydrogen (secondary N) is 1. The van der Waals surface area contributed by atoms with Gasteiger partial charge in [0.15, 0.2) is 5.75 Å². The maximum absolute atomic E-state index is 11.2. The summed E-state index contributed by atoms with van der Waals surface area (Å²) in [5.41, 5.74) is 1.34. The lowest BCUT2D eigenvalue weighted by Crippen LogP contribution is -2.12. The van der Waals surface area contributed by atoms with Crippen LogP contribution < -0.4 is 10.1 Å². The number of nitro benzene ring substituents is 1. The van der Waals surface area contributed by atoms with Crippen LogP contribution in [0.5, 0.6) is 5.75 Å². The fourth-order valence-electron chi connectivity index (χ4n) is 1.69. The second-order valence-corrected chi connectivity index (χ2v) is 4.69. The third-order valence-corrected chi connectivity index (χ3v) is 2.55. The summed E-state index contributed by atoms with van der Waals surface area (Å²) < 4.78 is 10.8. The Morgan fingerprint density at radius 2 is 2.19 bits per heavy atom. The molecule has 0 heterocycles. The Labute approximate surface area is 124 Å². The van der Waals surface area contributed by atoms with Crippen molar-refractivity contribution in [3.8, 4) is 5.75 Å². The molecule has 0 radical (unpaired) electrons. The van der Waals surface area contributed by atoms with Gasteiger partial charge in [0.05, 0.1) is 24.7 Å². The number of hydrogen-bond acceptors (Lipinski definition) is 5. The van der Waals surface area contributed by atoms with Crippen molar-refractivity contribution in [2.75, 3.05) is 31.7 Å². The summed E-state index contributed by atoms with van der Waals surface area (Å²) >= 11 is 0. The van der Waals surface area contributed by atoms with E-state index in [-0.39, 0.29) is 11.4 Å². The molecule has 0 fully saturated rings. The third-order valence-electron chi connectivity index (χ3n) is 2.55. The highest BCUT2D eigenvalue weighted by atomic mass is 16.6. The first-order chi connectivity index (χ1) is 10.1. The van der Waals surface area contributed by atoms with Crippen molar-refractivity contribution in [1.29, 1.82) is 0 Å². The minimum atomic E-state index is -0.428. The van der Waals surface area contributed by atoms with Crippen molar-refractivity contribution in [2.24, 2.45) is 0 Å². The van der Waals surface area contributed by atoms with Crippen LogP contribution >= 0.6 is 0 Å². The summed E-state index contributed by atoms with van der Waals surface area (Å²) in [5.74, 6) is 0.287. The number of para-hydroxylation sites is 1. The Balaban J connectivity index is 2.67. The molecule has 0 aliphatic heterocycles. The van der Waals surface area contributed by atoms with Crippen LogP contribution in [0.25, 0.3) is 0 Å². The molecule has 0 spiro atoms. The van der Waals surface area contributed by atoms with Gasteiger partial charge >= 0.3 is 5.69 Å². The number of benzene rings is 1. The molecule has 1 N–H and O–H groups in total. The smallest absolute Gasteiger partial charge is 0.333 e. The Bertz CT molecular complexity index is 489. The number of nitrogens with zero attached hydrogens (tertiary/aromatic N) is 1. The van der Waals surface area contributed by atoms with E-state index in [1.165, 1.54) is 0 Å². The number of rotatable bonds is 10. The fourth-order valence-corrected chi connectivity index (χ4v) is 1.69. The van der Waals surface area contributed by atoms with Crippen molar-refractivity contribution in [2.45, 2.75) is 20.3 Å². The van der Waals surface area contributed by atoms with Gasteiger partial charge in [0.1, 0.15) is 5.69 Å². The van der Waals surface area contributed by atoms with Gasteiger partial charge in [-0.2, -0.15) is 0 Å². The number of ether oxygens (including phenoxy) is 2. The summed E-state index contributed by atoms with van der Waals surface area (Å²) in [6, 6.07) is 5.00. The van der Waals surface area contributed by atoms with Crippen LogP contribution in [0.15, 0.2) is 30.4 Å². The second-order valence-electron chi connectivity index (χ2n) is 4.69. The summed E-state index contributed by atoms with van der Waals surface area (Å²) in [5, 5.41) is 14.2. The molecular weight excluding hydrogens is 272 g/mol. The molecule has 0 aliphatic carbocycles. The third kappa shape index (κ3) is 5.83. The molecule has 6 nitrogen and oxygen atoms in total. The first-order valence-corrected chi connectivity index (χ1v) is 6.92. The van der Waals surface area contributed by atoms with Gasteiger partial charge in [-0.1, -0.05) is 25.1 Å². The van der Waals surface area contributed by atoms with Crippen molar-refractivity contribution in [1.82, 2.24) is 0 Å². The normalized spacial score (nSPS) is 10.2. The van der Waals surface area contributed by atoms with Crippen LogP contribution in [0.3, 0.4) is 0 Å². The van der Waals surface area contributed by atoms with Crippen molar-refractivity contribution in [3.63, 3.8) is 0 Å². The van der Waals surface area contributed by atoms with Gasteiger partial charge in [0.2, 0.25) is 0 Å². The van der Waals surface area contributed by atoms with Gasteiger partial charge in [0.25, 0.3) is 0 Å². The molecule has 0 aliphatic rings. The Kier molecular flexibility index (Phi) is 7.25. The molecule has 0 bridgehead atoms. The van der Waals surface area contributed by atoms with E-state index in [0.29, 0.717) is 32.1 Å². The van der Waals surface area contributed by atoms with Crippen LogP contribution in [0, 0.1) is 10.1 Å². The van der Waals surface area contributed by atoms with E-state index in [9.17, 15) is 10.1 Å². The van der Waals surface area contributed by atoms with Crippen molar-refractivity contribution in [3.05, 3.63) is 40.5 Å². The summed E-state index contributed by atoms with van der Waals surface area (Å²) in [7, 11) is 0. The number of nitro groups is 1. The van der Waals surface area contributed by atoms with Gasteiger partial charge in [-0.05, 0) is 25.5 Å². The molecule has 0 atom stereocenters. The lowest BCUT2D eigenvalue weighted by atomic mass is 10.2. The van der Waals surface area contributed by atoms with E-state index in [0.717, 1.165) is 12.0 Å². The highest BCUT2D eigenvalue weighted by Gasteiger charge is 2.20. The molecule has 0 saturated heterocycles. The predicted molar refractivity (Wildman–Crippen MR) is 83.0 cm³/mol. The van der Waals surface area contributed by atoms with E-state index >= 15 is 0 Å². The van der Waals surface area contributed by atoms with Gasteiger partial charge in [-0.15, -0.1) is 0 Å². The standard InChI is InChI=1S/C15H22N2O4/c1-4-9-21-14-7-5-6-13(15(14)17(18)19)16-8-10-20-11-12(2)3/h5-7,16H,2,4,8-11H2,1,3H3. The summed E-state index contributed by atoms with van der Waals surface area (Å²) in [4.78, 5) is 10.8. The number of hydrogen-bond donors (Lipinski definition) is 1. The maximum Gasteiger partial charge on any atom is 0.333 e. The Hall–Kier alpha value is -2.08. The molecule has 1 aromatic carbocycles. The van der Waals surface area contributed by atoms with Crippen molar-refractivity contribution < 1.29 is 14.4 Å². The Morgan fingerprint density at radius 1 is 1.43 bits per heavy atom. The van der Waals surface area contributed by atoms with Gasteiger partial charge < -0.3 is 14.8 Å². The van der Waals surface area contributed by atoms with Crippen molar-refractivity contribution >= 4 is 11.4 Å². The van der Waals surface area contributed by atoms with E-state index in [1.807, 2.05) is 13.8 Å². The molecule has 0 aromatic heterocycles. The summed E-state index contributed by atoms with van der Waals surface area (Å²) in [6.45, 7) is 9.44. The quantitative estimate of drug-likeness (QED) is 0.310. The molecular formula is C15H22N2O4. The van der Waals surface area contributed by atoms with E-state index < -0.39 is 4.92 Å². The largest absolute Gasteiger partial charge is 0.487 e. The Morgan fingerprint density at radius 3 is 2.81 bits per heavy atom. The molecule has 1 rings (SSSR count). The zero-order chi connectivity index (χ0) is 15.7. The maximum atomic E-state index is 11.2. The average molecular weight is 294 g/mol. The van der Waals surface area contributed by atoms with E-state index in [2.05, 4.69) is 11.9 Å². The van der Waals surface area contributed by atoms with E-state index in [1.54, 1.807) is 18.2 Å². The van der Waals surface area contributed by atoms with Crippen LogP contribution in [0.2, 0.25) is 0 Å². The highest BCUT2D eigenvalue weighted by molar-refractivity contribution is 5.68. The monoisotopic (exact) mass is 294 g/mol. The summed E-state index contributed by atoms with van der Waals surface area (Å²) in [6.07, 6.45) is 0.795. The predicted octanol–water partition coefficient (Wildman–Crippen LogP) is 3.39. The molecule has 0 amide bonds. The fraction of sp³-hybridized carbons (Fsp3) is 0.467. The molecule has 21 heavy (non-hydrogen) atoms. The lowest BCUT2D eigenvalue weighted by Gasteiger charge is -2.11. The molecule has 1 aromatic rings. The molecule has 6 heteroatoms. The first-order valence-electron chi connectivity index (χ1n) is 6.92. The lowest BCUT2D eigenvalue weighted by molar-refractivity contribution is -0.385. The minimum Gasteiger partial charge on any atom is -0.487 e. The minimum absolute atomic E-state index is 0.0362. The van der Waals surface area contributed by atoms with Gasteiger partial charge in [-0.3, -0.25) is 10.1 Å². The SMILES string of the molecule is C=C(C)COCCNc1cccc(OCCC)c1[N+](=O)[O-]. The zero-order valence-corrected chi connectivity index (χ0v) is 12.6. The number of anilines is 1. The van der Waals surface area contributed by atoms with E-state index in [4.69, 9.17) is 9.47 Å². The first kappa shape index (κ1) is 17.0. The zero-order valence-electron chi connectivity index (χ0n) is 12.6. The average Bonchev–Trinajstić information content (AvgIpc) is 2.44. The molecule has 0 unspecified atom stereocenters. The topological polar surface area (TPSA) is 73.6 Å². The van der Waals surface area contributed by atoms with Crippen LogP contribution in [-0.4, -0.2) is 31.3 Å². The molecule has 116 valence electrons. The van der Waals surface area contributed by atoms with Gasteiger partial charge in [-0.25, -0.2) is 0 Å². The van der Waals surface area contributed by atoms with Crippen LogP contribution in [0.4, 0.5) is 11.4 Å². The van der Waals surface area contributed by atoms with Gasteiger partial charge in [0, 0.05) is 6.54 Å². The van der Waals surface area contributed by atoms with Crippen LogP contribution in [0.1, 0.15) is 20.3 Å². The molecule has 0 saturated carbocycles. The van der Waals surface area contributed by atoms with Crippen LogP contribution in [-0.2, 0) is 4.74 Å². The highest BCUT2D eigenvalue weighted by Crippen LogP contribution is 2.34. The second kappa shape index (κ2) is 8.97.